The van der Waals surface area contributed by atoms with Gasteiger partial charge in [0.2, 0.25) is 0 Å². The monoisotopic (exact) mass is 328 g/mol. The summed E-state index contributed by atoms with van der Waals surface area (Å²) in [6, 6.07) is 5.89. The van der Waals surface area contributed by atoms with Crippen LogP contribution in [0.4, 0.5) is 0 Å². The number of halogens is 1. The highest BCUT2D eigenvalue weighted by atomic mass is 35.5. The molecule has 0 radical (unpaired) electrons. The lowest BCUT2D eigenvalue weighted by molar-refractivity contribution is -0.104. The smallest absolute Gasteiger partial charge is 0.150 e. The van der Waals surface area contributed by atoms with Crippen molar-refractivity contribution < 1.29 is 4.79 Å². The van der Waals surface area contributed by atoms with E-state index in [-0.39, 0.29) is 0 Å². The fourth-order valence-corrected chi connectivity index (χ4v) is 2.86. The third kappa shape index (κ3) is 3.74. The molecule has 0 atom stereocenters. The van der Waals surface area contributed by atoms with E-state index in [1.54, 1.807) is 12.2 Å². The van der Waals surface area contributed by atoms with Crippen molar-refractivity contribution in [1.82, 2.24) is 4.98 Å². The molecule has 23 heavy (non-hydrogen) atoms. The Morgan fingerprint density at radius 1 is 1.35 bits per heavy atom. The minimum absolute atomic E-state index is 0.543. The van der Waals surface area contributed by atoms with E-state index in [0.717, 1.165) is 40.4 Å². The molecule has 0 saturated carbocycles. The van der Waals surface area contributed by atoms with Crippen molar-refractivity contribution in [2.75, 3.05) is 0 Å². The predicted molar refractivity (Wildman–Crippen MR) is 98.4 cm³/mol. The summed E-state index contributed by atoms with van der Waals surface area (Å²) < 4.78 is 0. The highest BCUT2D eigenvalue weighted by molar-refractivity contribution is 6.35. The molecule has 0 aliphatic carbocycles. The van der Waals surface area contributed by atoms with Crippen LogP contribution in [0.25, 0.3) is 17.0 Å². The van der Waals surface area contributed by atoms with Crippen LogP contribution >= 0.6 is 11.6 Å². The minimum Gasteiger partial charge on any atom is -0.399 e. The second kappa shape index (κ2) is 7.34. The zero-order valence-corrected chi connectivity index (χ0v) is 14.4. The third-order valence-electron chi connectivity index (χ3n) is 3.63. The number of aryl methyl sites for hydroxylation is 1. The molecular formula is C19H21ClN2O. The van der Waals surface area contributed by atoms with Gasteiger partial charge in [-0.25, -0.2) is 0 Å². The summed E-state index contributed by atoms with van der Waals surface area (Å²) in [5, 5.41) is 1.63. The molecule has 0 amide bonds. The van der Waals surface area contributed by atoms with Crippen molar-refractivity contribution in [1.29, 1.82) is 0 Å². The van der Waals surface area contributed by atoms with Gasteiger partial charge in [0.05, 0.1) is 5.02 Å². The maximum absolute atomic E-state index is 11.6. The Morgan fingerprint density at radius 2 is 2.09 bits per heavy atom. The number of aromatic amines is 1. The summed E-state index contributed by atoms with van der Waals surface area (Å²) >= 11 is 6.28. The highest BCUT2D eigenvalue weighted by Crippen LogP contribution is 2.27. The third-order valence-corrected chi connectivity index (χ3v) is 3.94. The molecule has 3 N–H and O–H groups in total. The van der Waals surface area contributed by atoms with E-state index in [1.807, 2.05) is 45.0 Å². The van der Waals surface area contributed by atoms with Gasteiger partial charge in [-0.2, -0.15) is 0 Å². The lowest BCUT2D eigenvalue weighted by Crippen LogP contribution is -2.04. The molecule has 2 aromatic rings. The number of hydrogen-bond donors (Lipinski definition) is 2. The molecule has 120 valence electrons. The molecular weight excluding hydrogens is 308 g/mol. The lowest BCUT2D eigenvalue weighted by Gasteiger charge is -2.07. The van der Waals surface area contributed by atoms with E-state index in [1.165, 1.54) is 0 Å². The predicted octanol–water partition coefficient (Wildman–Crippen LogP) is 4.91. The number of aldehydes is 1. The number of aromatic nitrogens is 1. The first-order valence-electron chi connectivity index (χ1n) is 7.58. The van der Waals surface area contributed by atoms with Gasteiger partial charge in [0, 0.05) is 33.4 Å². The maximum atomic E-state index is 11.6. The number of benzene rings is 1. The van der Waals surface area contributed by atoms with Crippen LogP contribution in [0.2, 0.25) is 5.02 Å². The van der Waals surface area contributed by atoms with Crippen molar-refractivity contribution in [3.8, 4) is 0 Å². The largest absolute Gasteiger partial charge is 0.399 e. The molecule has 1 aromatic heterocycles. The van der Waals surface area contributed by atoms with Gasteiger partial charge < -0.3 is 10.7 Å². The lowest BCUT2D eigenvalue weighted by atomic mass is 10.0. The molecule has 2 rings (SSSR count). The Morgan fingerprint density at radius 3 is 2.70 bits per heavy atom. The van der Waals surface area contributed by atoms with Gasteiger partial charge in [-0.05, 0) is 50.1 Å². The first kappa shape index (κ1) is 17.1. The number of hydrogen-bond acceptors (Lipinski definition) is 2. The van der Waals surface area contributed by atoms with Gasteiger partial charge in [-0.3, -0.25) is 4.79 Å². The van der Waals surface area contributed by atoms with Crippen molar-refractivity contribution in [3.05, 3.63) is 63.5 Å². The standard InChI is InChI=1S/C19H21ClN2O/c1-4-6-15(18(21)5-2)13(11-23)9-14-10-16-17(20)7-12(3)8-19(16)22-14/h5-11,22H,4,21H2,1-3H3/b13-9+,15-6-,18-5+. The number of carbonyl (C=O) groups is 1. The second-order valence-corrected chi connectivity index (χ2v) is 5.83. The van der Waals surface area contributed by atoms with Gasteiger partial charge in [0.25, 0.3) is 0 Å². The Labute approximate surface area is 141 Å². The maximum Gasteiger partial charge on any atom is 0.150 e. The summed E-state index contributed by atoms with van der Waals surface area (Å²) in [5.41, 5.74) is 10.8. The number of rotatable bonds is 5. The van der Waals surface area contributed by atoms with Crippen LogP contribution in [0, 0.1) is 6.92 Å². The molecule has 0 bridgehead atoms. The summed E-state index contributed by atoms with van der Waals surface area (Å²) in [7, 11) is 0. The van der Waals surface area contributed by atoms with Crippen molar-refractivity contribution in [3.63, 3.8) is 0 Å². The molecule has 3 nitrogen and oxygen atoms in total. The van der Waals surface area contributed by atoms with Gasteiger partial charge in [0.15, 0.2) is 6.29 Å². The number of allylic oxidation sites excluding steroid dienone is 3. The number of H-pyrrole nitrogens is 1. The number of nitrogens with one attached hydrogen (secondary N) is 1. The molecule has 4 heteroatoms. The quantitative estimate of drug-likeness (QED) is 0.465. The SMILES string of the molecule is C\C=C(N)/C(=C\CC)C(/C=O)=C/c1cc2c(Cl)cc(C)cc2[nH]1. The van der Waals surface area contributed by atoms with Gasteiger partial charge in [-0.15, -0.1) is 0 Å². The number of carbonyl (C=O) groups excluding carboxylic acids is 1. The van der Waals surface area contributed by atoms with E-state index in [9.17, 15) is 4.79 Å². The Balaban J connectivity index is 2.55. The van der Waals surface area contributed by atoms with Crippen molar-refractivity contribution in [2.45, 2.75) is 27.2 Å². The van der Waals surface area contributed by atoms with E-state index in [0.29, 0.717) is 16.3 Å². The zero-order valence-electron chi connectivity index (χ0n) is 13.6. The van der Waals surface area contributed by atoms with Crippen LogP contribution < -0.4 is 5.73 Å². The van der Waals surface area contributed by atoms with Crippen LogP contribution in [-0.2, 0) is 4.79 Å². The van der Waals surface area contributed by atoms with Crippen LogP contribution in [0.1, 0.15) is 31.5 Å². The highest BCUT2D eigenvalue weighted by Gasteiger charge is 2.09. The summed E-state index contributed by atoms with van der Waals surface area (Å²) in [4.78, 5) is 14.8. The molecule has 1 aromatic carbocycles. The molecule has 0 aliphatic heterocycles. The van der Waals surface area contributed by atoms with Crippen LogP contribution in [0.3, 0.4) is 0 Å². The van der Waals surface area contributed by atoms with E-state index in [4.69, 9.17) is 17.3 Å². The molecule has 0 unspecified atom stereocenters. The average molecular weight is 329 g/mol. The minimum atomic E-state index is 0.543. The number of nitrogens with two attached hydrogens (primary N) is 1. The zero-order chi connectivity index (χ0) is 17.0. The van der Waals surface area contributed by atoms with E-state index >= 15 is 0 Å². The summed E-state index contributed by atoms with van der Waals surface area (Å²) in [6.45, 7) is 5.86. The van der Waals surface area contributed by atoms with Crippen LogP contribution in [-0.4, -0.2) is 11.3 Å². The Bertz CT molecular complexity index is 825. The molecule has 1 heterocycles. The van der Waals surface area contributed by atoms with E-state index < -0.39 is 0 Å². The molecule has 0 fully saturated rings. The second-order valence-electron chi connectivity index (χ2n) is 5.42. The fraction of sp³-hybridized carbons (Fsp3) is 0.211. The first-order chi connectivity index (χ1) is 11.0. The summed E-state index contributed by atoms with van der Waals surface area (Å²) in [5.74, 6) is 0. The van der Waals surface area contributed by atoms with Gasteiger partial charge in [0.1, 0.15) is 0 Å². The van der Waals surface area contributed by atoms with Crippen molar-refractivity contribution >= 4 is 34.9 Å². The van der Waals surface area contributed by atoms with Gasteiger partial charge in [-0.1, -0.05) is 30.7 Å². The van der Waals surface area contributed by atoms with E-state index in [2.05, 4.69) is 4.98 Å². The normalized spacial score (nSPS) is 13.7. The topological polar surface area (TPSA) is 58.9 Å². The van der Waals surface area contributed by atoms with Crippen molar-refractivity contribution in [2.24, 2.45) is 5.73 Å². The van der Waals surface area contributed by atoms with Gasteiger partial charge >= 0.3 is 0 Å². The molecule has 0 saturated heterocycles. The fourth-order valence-electron chi connectivity index (χ4n) is 2.53. The molecule has 0 spiro atoms. The Kier molecular flexibility index (Phi) is 5.45. The summed E-state index contributed by atoms with van der Waals surface area (Å²) in [6.07, 6.45) is 7.18. The van der Waals surface area contributed by atoms with Crippen LogP contribution in [0.5, 0.6) is 0 Å². The molecule has 0 aliphatic rings. The average Bonchev–Trinajstić information content (AvgIpc) is 2.92. The first-order valence-corrected chi connectivity index (χ1v) is 7.96. The van der Waals surface area contributed by atoms with Crippen LogP contribution in [0.15, 0.2) is 47.2 Å². The number of fused-ring (bicyclic) bond motifs is 1. The Hall–Kier alpha value is -2.26.